The Morgan fingerprint density at radius 1 is 1.32 bits per heavy atom. The van der Waals surface area contributed by atoms with Crippen LogP contribution in [0.5, 0.6) is 0 Å². The predicted molar refractivity (Wildman–Crippen MR) is 81.8 cm³/mol. The topological polar surface area (TPSA) is 41.6 Å². The fourth-order valence-electron chi connectivity index (χ4n) is 3.42. The quantitative estimate of drug-likeness (QED) is 0.870. The molecule has 0 aliphatic carbocycles. The molecule has 2 aliphatic rings. The minimum Gasteiger partial charge on any atom is -0.360 e. The molecule has 4 nitrogen and oxygen atoms in total. The maximum absolute atomic E-state index is 14.3. The average molecular weight is 306 g/mol. The molecule has 1 N–H and O–H groups in total. The van der Waals surface area contributed by atoms with Crippen molar-refractivity contribution in [2.24, 2.45) is 5.92 Å². The number of carbonyl (C=O) groups is 1. The maximum Gasteiger partial charge on any atom is 0.257 e. The Morgan fingerprint density at radius 3 is 2.68 bits per heavy atom. The van der Waals surface area contributed by atoms with Gasteiger partial charge in [0, 0.05) is 6.54 Å². The number of alkyl halides is 1. The highest BCUT2D eigenvalue weighted by atomic mass is 19.1. The van der Waals surface area contributed by atoms with Gasteiger partial charge in [0.1, 0.15) is 5.60 Å². The van der Waals surface area contributed by atoms with Gasteiger partial charge < -0.3 is 15.0 Å². The van der Waals surface area contributed by atoms with E-state index in [-0.39, 0.29) is 18.4 Å². The molecule has 0 aromatic heterocycles. The Hall–Kier alpha value is -1.46. The normalized spacial score (nSPS) is 30.5. The van der Waals surface area contributed by atoms with Crippen molar-refractivity contribution in [2.45, 2.75) is 38.2 Å². The number of halogens is 1. The number of nitrogens with zero attached hydrogens (tertiary/aromatic N) is 1. The summed E-state index contributed by atoms with van der Waals surface area (Å²) in [4.78, 5) is 14.2. The molecule has 2 fully saturated rings. The van der Waals surface area contributed by atoms with Crippen LogP contribution in [0.1, 0.15) is 25.3 Å². The minimum atomic E-state index is -1.37. The molecule has 0 saturated carbocycles. The standard InChI is InChI=1S/C17H23FN2O2/c1-17(14-7-9-19-10-8-14)16(21)20(15(18)12-22-17)11-13-5-3-2-4-6-13/h2-6,14-15,19H,7-12H2,1H3. The number of amides is 1. The van der Waals surface area contributed by atoms with Crippen LogP contribution in [0.2, 0.25) is 0 Å². The number of hydrogen-bond acceptors (Lipinski definition) is 3. The molecule has 2 atom stereocenters. The van der Waals surface area contributed by atoms with Crippen molar-refractivity contribution in [1.82, 2.24) is 10.2 Å². The van der Waals surface area contributed by atoms with Crippen LogP contribution in [0.3, 0.4) is 0 Å². The van der Waals surface area contributed by atoms with E-state index in [1.165, 1.54) is 4.90 Å². The fraction of sp³-hybridized carbons (Fsp3) is 0.588. The highest BCUT2D eigenvalue weighted by Gasteiger charge is 2.50. The lowest BCUT2D eigenvalue weighted by atomic mass is 9.80. The molecule has 0 spiro atoms. The Balaban J connectivity index is 1.79. The molecule has 0 radical (unpaired) electrons. The van der Waals surface area contributed by atoms with Gasteiger partial charge in [-0.3, -0.25) is 4.79 Å². The van der Waals surface area contributed by atoms with Crippen LogP contribution < -0.4 is 5.32 Å². The van der Waals surface area contributed by atoms with Gasteiger partial charge in [0.05, 0.1) is 6.61 Å². The number of rotatable bonds is 3. The molecule has 2 heterocycles. The van der Waals surface area contributed by atoms with Gasteiger partial charge in [-0.15, -0.1) is 0 Å². The lowest BCUT2D eigenvalue weighted by molar-refractivity contribution is -0.201. The molecule has 2 saturated heterocycles. The first kappa shape index (κ1) is 15.4. The van der Waals surface area contributed by atoms with Crippen molar-refractivity contribution in [3.05, 3.63) is 35.9 Å². The van der Waals surface area contributed by atoms with Crippen molar-refractivity contribution in [3.63, 3.8) is 0 Å². The first-order valence-electron chi connectivity index (χ1n) is 7.95. The van der Waals surface area contributed by atoms with E-state index in [2.05, 4.69) is 5.32 Å². The molecule has 0 bridgehead atoms. The van der Waals surface area contributed by atoms with Gasteiger partial charge in [-0.05, 0) is 44.3 Å². The number of hydrogen-bond donors (Lipinski definition) is 1. The molecule has 22 heavy (non-hydrogen) atoms. The SMILES string of the molecule is CC1(C2CCNCC2)OCC(F)N(Cc2ccccc2)C1=O. The van der Waals surface area contributed by atoms with Gasteiger partial charge in [0.25, 0.3) is 5.91 Å². The monoisotopic (exact) mass is 306 g/mol. The summed E-state index contributed by atoms with van der Waals surface area (Å²) in [6.45, 7) is 3.85. The molecular formula is C17H23FN2O2. The molecule has 1 aromatic carbocycles. The van der Waals surface area contributed by atoms with Gasteiger partial charge in [0.15, 0.2) is 6.30 Å². The Kier molecular flexibility index (Phi) is 4.45. The van der Waals surface area contributed by atoms with Crippen molar-refractivity contribution < 1.29 is 13.9 Å². The van der Waals surface area contributed by atoms with Crippen LogP contribution in [0.25, 0.3) is 0 Å². The summed E-state index contributed by atoms with van der Waals surface area (Å²) in [5.41, 5.74) is 0.0347. The van der Waals surface area contributed by atoms with Crippen LogP contribution in [0, 0.1) is 5.92 Å². The minimum absolute atomic E-state index is 0.0427. The summed E-state index contributed by atoms with van der Waals surface area (Å²) < 4.78 is 20.0. The number of ether oxygens (including phenoxy) is 1. The van der Waals surface area contributed by atoms with E-state index in [9.17, 15) is 9.18 Å². The van der Waals surface area contributed by atoms with E-state index >= 15 is 0 Å². The molecule has 2 aliphatic heterocycles. The highest BCUT2D eigenvalue weighted by molar-refractivity contribution is 5.86. The maximum atomic E-state index is 14.3. The number of carbonyl (C=O) groups excluding carboxylic acids is 1. The van der Waals surface area contributed by atoms with E-state index in [0.29, 0.717) is 6.54 Å². The first-order valence-corrected chi connectivity index (χ1v) is 7.95. The Morgan fingerprint density at radius 2 is 2.00 bits per heavy atom. The smallest absolute Gasteiger partial charge is 0.257 e. The Bertz CT molecular complexity index is 519. The second-order valence-electron chi connectivity index (χ2n) is 6.30. The van der Waals surface area contributed by atoms with E-state index in [1.54, 1.807) is 0 Å². The van der Waals surface area contributed by atoms with Crippen molar-refractivity contribution >= 4 is 5.91 Å². The molecule has 1 aromatic rings. The number of benzene rings is 1. The highest BCUT2D eigenvalue weighted by Crippen LogP contribution is 2.35. The zero-order chi connectivity index (χ0) is 15.6. The van der Waals surface area contributed by atoms with Crippen molar-refractivity contribution in [1.29, 1.82) is 0 Å². The molecular weight excluding hydrogens is 283 g/mol. The number of nitrogens with one attached hydrogen (secondary N) is 1. The zero-order valence-corrected chi connectivity index (χ0v) is 12.9. The van der Waals surface area contributed by atoms with Crippen LogP contribution in [-0.4, -0.2) is 42.4 Å². The largest absolute Gasteiger partial charge is 0.360 e. The summed E-state index contributed by atoms with van der Waals surface area (Å²) in [7, 11) is 0. The summed E-state index contributed by atoms with van der Waals surface area (Å²) in [5, 5.41) is 3.29. The van der Waals surface area contributed by atoms with Crippen molar-refractivity contribution in [2.75, 3.05) is 19.7 Å². The van der Waals surface area contributed by atoms with Crippen LogP contribution in [-0.2, 0) is 16.1 Å². The summed E-state index contributed by atoms with van der Waals surface area (Å²) in [5.74, 6) is -0.0750. The van der Waals surface area contributed by atoms with Crippen molar-refractivity contribution in [3.8, 4) is 0 Å². The third-order valence-corrected chi connectivity index (χ3v) is 4.86. The van der Waals surface area contributed by atoms with Gasteiger partial charge in [0.2, 0.25) is 0 Å². The predicted octanol–water partition coefficient (Wildman–Crippen LogP) is 2.10. The summed E-state index contributed by atoms with van der Waals surface area (Å²) in [6, 6.07) is 9.55. The van der Waals surface area contributed by atoms with E-state index in [4.69, 9.17) is 4.74 Å². The third-order valence-electron chi connectivity index (χ3n) is 4.86. The summed E-state index contributed by atoms with van der Waals surface area (Å²) in [6.07, 6.45) is 0.402. The second-order valence-corrected chi connectivity index (χ2v) is 6.30. The van der Waals surface area contributed by atoms with Crippen LogP contribution in [0.4, 0.5) is 4.39 Å². The second kappa shape index (κ2) is 6.34. The van der Waals surface area contributed by atoms with Gasteiger partial charge >= 0.3 is 0 Å². The lowest BCUT2D eigenvalue weighted by Gasteiger charge is -2.46. The average Bonchev–Trinajstić information content (AvgIpc) is 2.57. The fourth-order valence-corrected chi connectivity index (χ4v) is 3.42. The first-order chi connectivity index (χ1) is 10.6. The summed E-state index contributed by atoms with van der Waals surface area (Å²) >= 11 is 0. The number of morpholine rings is 1. The van der Waals surface area contributed by atoms with Gasteiger partial charge in [-0.2, -0.15) is 0 Å². The van der Waals surface area contributed by atoms with Crippen LogP contribution in [0.15, 0.2) is 30.3 Å². The van der Waals surface area contributed by atoms with E-state index < -0.39 is 11.9 Å². The lowest BCUT2D eigenvalue weighted by Crippen LogP contribution is -2.62. The zero-order valence-electron chi connectivity index (χ0n) is 12.9. The Labute approximate surface area is 130 Å². The van der Waals surface area contributed by atoms with Gasteiger partial charge in [-0.1, -0.05) is 30.3 Å². The number of piperidine rings is 1. The van der Waals surface area contributed by atoms with Crippen LogP contribution >= 0.6 is 0 Å². The van der Waals surface area contributed by atoms with E-state index in [1.807, 2.05) is 37.3 Å². The molecule has 120 valence electrons. The molecule has 1 amide bonds. The van der Waals surface area contributed by atoms with Gasteiger partial charge in [-0.25, -0.2) is 4.39 Å². The molecule has 3 rings (SSSR count). The molecule has 5 heteroatoms. The van der Waals surface area contributed by atoms with E-state index in [0.717, 1.165) is 31.5 Å². The molecule has 2 unspecified atom stereocenters. The third kappa shape index (κ3) is 2.88.